The minimum Gasteiger partial charge on any atom is -0.386 e. The van der Waals surface area contributed by atoms with E-state index in [4.69, 9.17) is 10.5 Å². The Morgan fingerprint density at radius 1 is 1.24 bits per heavy atom. The number of nitrogens with one attached hydrogen (secondary N) is 1. The second kappa shape index (κ2) is 10.7. The van der Waals surface area contributed by atoms with Gasteiger partial charge in [0.05, 0.1) is 36.6 Å². The molecule has 178 valence electrons. The third kappa shape index (κ3) is 5.45. The molecule has 2 aromatic rings. The van der Waals surface area contributed by atoms with Gasteiger partial charge in [-0.3, -0.25) is 14.6 Å². The molecule has 2 amide bonds. The van der Waals surface area contributed by atoms with Crippen molar-refractivity contribution >= 4 is 17.6 Å². The molecule has 0 saturated heterocycles. The summed E-state index contributed by atoms with van der Waals surface area (Å²) in [6, 6.07) is 11.1. The molecule has 1 aromatic carbocycles. The van der Waals surface area contributed by atoms with Gasteiger partial charge >= 0.3 is 0 Å². The van der Waals surface area contributed by atoms with Gasteiger partial charge in [-0.1, -0.05) is 37.3 Å². The average Bonchev–Trinajstić information content (AvgIpc) is 3.21. The van der Waals surface area contributed by atoms with E-state index in [1.807, 2.05) is 62.6 Å². The van der Waals surface area contributed by atoms with Crippen LogP contribution >= 0.6 is 0 Å². The maximum Gasteiger partial charge on any atom is 0.270 e. The zero-order chi connectivity index (χ0) is 24.1. The summed E-state index contributed by atoms with van der Waals surface area (Å²) in [5.41, 5.74) is 8.80. The standard InChI is InChI=1S/C25H35N5O3/c1-6-20(18-10-8-7-9-11-18)28-24(31)19-14-21(30-12-13-33-15-22(19)30)25(32)29(5)17(4)23(26)27-16(2)3/h7-11,14,16-17,20H,6,12-13,15H2,1-5H3,(H2,26,27)(H,28,31). The molecule has 3 N–H and O–H groups in total. The van der Waals surface area contributed by atoms with Crippen molar-refractivity contribution in [3.63, 3.8) is 0 Å². The van der Waals surface area contributed by atoms with E-state index in [1.165, 1.54) is 0 Å². The summed E-state index contributed by atoms with van der Waals surface area (Å²) >= 11 is 0. The van der Waals surface area contributed by atoms with E-state index < -0.39 is 0 Å². The number of fused-ring (bicyclic) bond motifs is 1. The number of ether oxygens (including phenoxy) is 1. The van der Waals surface area contributed by atoms with Crippen molar-refractivity contribution in [2.45, 2.75) is 65.4 Å². The molecule has 0 bridgehead atoms. The molecule has 0 radical (unpaired) electrons. The van der Waals surface area contributed by atoms with Crippen molar-refractivity contribution in [3.05, 3.63) is 58.9 Å². The first kappa shape index (κ1) is 24.5. The molecule has 0 aliphatic carbocycles. The average molecular weight is 454 g/mol. The van der Waals surface area contributed by atoms with Crippen LogP contribution < -0.4 is 11.1 Å². The number of aromatic nitrogens is 1. The third-order valence-electron chi connectivity index (χ3n) is 6.02. The predicted octanol–water partition coefficient (Wildman–Crippen LogP) is 3.13. The summed E-state index contributed by atoms with van der Waals surface area (Å²) in [4.78, 5) is 32.6. The molecule has 2 atom stereocenters. The normalized spacial score (nSPS) is 15.6. The molecule has 1 aliphatic rings. The highest BCUT2D eigenvalue weighted by atomic mass is 16.5. The Labute approximate surface area is 195 Å². The summed E-state index contributed by atoms with van der Waals surface area (Å²) in [7, 11) is 1.71. The number of nitrogens with zero attached hydrogens (tertiary/aromatic N) is 3. The first-order valence-electron chi connectivity index (χ1n) is 11.5. The second-order valence-electron chi connectivity index (χ2n) is 8.68. The zero-order valence-electron chi connectivity index (χ0n) is 20.2. The van der Waals surface area contributed by atoms with Crippen LogP contribution in [-0.4, -0.2) is 52.9 Å². The third-order valence-corrected chi connectivity index (χ3v) is 6.02. The van der Waals surface area contributed by atoms with Gasteiger partial charge in [-0.05, 0) is 38.8 Å². The van der Waals surface area contributed by atoms with Crippen molar-refractivity contribution in [1.82, 2.24) is 14.8 Å². The van der Waals surface area contributed by atoms with Crippen LogP contribution in [0.1, 0.15) is 72.3 Å². The molecular formula is C25H35N5O3. The van der Waals surface area contributed by atoms with Gasteiger partial charge in [0, 0.05) is 19.6 Å². The SMILES string of the molecule is CCC(NC(=O)c1cc(C(=O)N(C)C(C)C(N)=NC(C)C)n2c1COCC2)c1ccccc1. The van der Waals surface area contributed by atoms with Crippen LogP contribution in [0.4, 0.5) is 0 Å². The highest BCUT2D eigenvalue weighted by Gasteiger charge is 2.30. The van der Waals surface area contributed by atoms with Gasteiger partial charge in [-0.15, -0.1) is 0 Å². The van der Waals surface area contributed by atoms with Gasteiger partial charge in [0.1, 0.15) is 11.5 Å². The van der Waals surface area contributed by atoms with E-state index in [0.29, 0.717) is 30.2 Å². The van der Waals surface area contributed by atoms with Crippen LogP contribution in [0.15, 0.2) is 41.4 Å². The number of rotatable bonds is 8. The number of amidine groups is 1. The van der Waals surface area contributed by atoms with Crippen molar-refractivity contribution < 1.29 is 14.3 Å². The Hall–Kier alpha value is -3.13. The van der Waals surface area contributed by atoms with Crippen LogP contribution in [0.25, 0.3) is 0 Å². The van der Waals surface area contributed by atoms with Crippen molar-refractivity contribution in [2.24, 2.45) is 10.7 Å². The van der Waals surface area contributed by atoms with Gasteiger partial charge in [-0.25, -0.2) is 0 Å². The largest absolute Gasteiger partial charge is 0.386 e. The number of likely N-dealkylation sites (N-methyl/N-ethyl adjacent to an activating group) is 1. The van der Waals surface area contributed by atoms with Crippen LogP contribution in [0.5, 0.6) is 0 Å². The van der Waals surface area contributed by atoms with Crippen molar-refractivity contribution in [2.75, 3.05) is 13.7 Å². The molecule has 2 unspecified atom stereocenters. The number of hydrogen-bond donors (Lipinski definition) is 2. The van der Waals surface area contributed by atoms with Gasteiger partial charge in [0.2, 0.25) is 0 Å². The van der Waals surface area contributed by atoms with E-state index in [1.54, 1.807) is 18.0 Å². The minimum absolute atomic E-state index is 0.0422. The fraction of sp³-hybridized carbons (Fsp3) is 0.480. The highest BCUT2D eigenvalue weighted by Crippen LogP contribution is 2.24. The minimum atomic E-state index is -0.370. The first-order valence-corrected chi connectivity index (χ1v) is 11.5. The fourth-order valence-electron chi connectivity index (χ4n) is 4.00. The number of nitrogens with two attached hydrogens (primary N) is 1. The molecule has 0 spiro atoms. The second-order valence-corrected chi connectivity index (χ2v) is 8.68. The molecule has 3 rings (SSSR count). The molecule has 0 fully saturated rings. The Balaban J connectivity index is 1.89. The smallest absolute Gasteiger partial charge is 0.270 e. The van der Waals surface area contributed by atoms with Crippen molar-refractivity contribution in [3.8, 4) is 0 Å². The van der Waals surface area contributed by atoms with E-state index in [2.05, 4.69) is 10.3 Å². The molecule has 1 aliphatic heterocycles. The van der Waals surface area contributed by atoms with Crippen LogP contribution in [0.2, 0.25) is 0 Å². The van der Waals surface area contributed by atoms with Crippen LogP contribution in [0, 0.1) is 0 Å². The molecule has 1 aromatic heterocycles. The summed E-state index contributed by atoms with van der Waals surface area (Å²) in [6.45, 7) is 9.04. The maximum atomic E-state index is 13.4. The van der Waals surface area contributed by atoms with E-state index in [0.717, 1.165) is 17.7 Å². The number of benzene rings is 1. The molecule has 0 saturated carbocycles. The predicted molar refractivity (Wildman–Crippen MR) is 129 cm³/mol. The van der Waals surface area contributed by atoms with Crippen LogP contribution in [0.3, 0.4) is 0 Å². The summed E-state index contributed by atoms with van der Waals surface area (Å²) in [6.07, 6.45) is 0.753. The number of carbonyl (C=O) groups is 2. The number of hydrogen-bond acceptors (Lipinski definition) is 4. The fourth-order valence-corrected chi connectivity index (χ4v) is 4.00. The monoisotopic (exact) mass is 453 g/mol. The lowest BCUT2D eigenvalue weighted by Crippen LogP contribution is -2.45. The maximum absolute atomic E-state index is 13.4. The molecular weight excluding hydrogens is 418 g/mol. The summed E-state index contributed by atoms with van der Waals surface area (Å²) < 4.78 is 7.51. The number of carbonyl (C=O) groups excluding carboxylic acids is 2. The summed E-state index contributed by atoms with van der Waals surface area (Å²) in [5, 5.41) is 3.12. The highest BCUT2D eigenvalue weighted by molar-refractivity contribution is 6.02. The summed E-state index contributed by atoms with van der Waals surface area (Å²) in [5.74, 6) is -0.0153. The lowest BCUT2D eigenvalue weighted by molar-refractivity contribution is 0.0704. The van der Waals surface area contributed by atoms with E-state index in [9.17, 15) is 9.59 Å². The van der Waals surface area contributed by atoms with Gasteiger partial charge in [0.25, 0.3) is 11.8 Å². The Kier molecular flexibility index (Phi) is 7.92. The lowest BCUT2D eigenvalue weighted by Gasteiger charge is -2.26. The molecule has 8 nitrogen and oxygen atoms in total. The topological polar surface area (TPSA) is 102 Å². The van der Waals surface area contributed by atoms with Crippen LogP contribution in [-0.2, 0) is 17.9 Å². The Morgan fingerprint density at radius 2 is 1.94 bits per heavy atom. The number of amides is 2. The lowest BCUT2D eigenvalue weighted by atomic mass is 10.0. The zero-order valence-corrected chi connectivity index (χ0v) is 20.2. The van der Waals surface area contributed by atoms with Gasteiger partial charge in [0.15, 0.2) is 0 Å². The Morgan fingerprint density at radius 3 is 2.58 bits per heavy atom. The van der Waals surface area contributed by atoms with E-state index >= 15 is 0 Å². The number of aliphatic imine (C=N–C) groups is 1. The van der Waals surface area contributed by atoms with Crippen molar-refractivity contribution in [1.29, 1.82) is 0 Å². The first-order chi connectivity index (χ1) is 15.7. The molecule has 8 heteroatoms. The quantitative estimate of drug-likeness (QED) is 0.474. The van der Waals surface area contributed by atoms with Gasteiger partial charge < -0.3 is 25.3 Å². The van der Waals surface area contributed by atoms with E-state index in [-0.39, 0.29) is 36.5 Å². The molecule has 2 heterocycles. The Bertz CT molecular complexity index is 1010. The molecule has 33 heavy (non-hydrogen) atoms. The van der Waals surface area contributed by atoms with Gasteiger partial charge in [-0.2, -0.15) is 0 Å².